The van der Waals surface area contributed by atoms with Crippen LogP contribution in [0.25, 0.3) is 0 Å². The highest BCUT2D eigenvalue weighted by Crippen LogP contribution is 2.13. The van der Waals surface area contributed by atoms with Gasteiger partial charge in [0.25, 0.3) is 5.56 Å². The van der Waals surface area contributed by atoms with Crippen molar-refractivity contribution in [2.24, 2.45) is 0 Å². The van der Waals surface area contributed by atoms with Gasteiger partial charge in [-0.15, -0.1) is 0 Å². The summed E-state index contributed by atoms with van der Waals surface area (Å²) in [6, 6.07) is 7.80. The molecule has 0 aliphatic heterocycles. The molecule has 0 spiro atoms. The van der Waals surface area contributed by atoms with Crippen LogP contribution < -0.4 is 11.2 Å². The first kappa shape index (κ1) is 17.2. The molecule has 1 heterocycles. The fraction of sp³-hybridized carbons (Fsp3) is 0.444. The van der Waals surface area contributed by atoms with E-state index >= 15 is 0 Å². The SMILES string of the molecule is CCOCn1c(Cc2cc(C)cc(C)c2)cc(=O)n(CC)c1=O. The van der Waals surface area contributed by atoms with Crippen molar-refractivity contribution in [1.82, 2.24) is 9.13 Å². The average Bonchev–Trinajstić information content (AvgIpc) is 2.46. The van der Waals surface area contributed by atoms with Gasteiger partial charge in [-0.05, 0) is 33.3 Å². The first-order valence-electron chi connectivity index (χ1n) is 7.94. The molecule has 2 rings (SSSR count). The van der Waals surface area contributed by atoms with E-state index in [0.717, 1.165) is 5.56 Å². The van der Waals surface area contributed by atoms with Gasteiger partial charge in [-0.2, -0.15) is 0 Å². The van der Waals surface area contributed by atoms with Crippen molar-refractivity contribution >= 4 is 0 Å². The molecule has 0 radical (unpaired) electrons. The summed E-state index contributed by atoms with van der Waals surface area (Å²) >= 11 is 0. The molecule has 0 bridgehead atoms. The van der Waals surface area contributed by atoms with Crippen LogP contribution in [-0.4, -0.2) is 15.7 Å². The quantitative estimate of drug-likeness (QED) is 0.821. The van der Waals surface area contributed by atoms with Gasteiger partial charge in [0.1, 0.15) is 6.73 Å². The van der Waals surface area contributed by atoms with Gasteiger partial charge in [0.2, 0.25) is 0 Å². The van der Waals surface area contributed by atoms with Gasteiger partial charge >= 0.3 is 5.69 Å². The van der Waals surface area contributed by atoms with Gasteiger partial charge in [-0.25, -0.2) is 4.79 Å². The van der Waals surface area contributed by atoms with Crippen LogP contribution in [0.3, 0.4) is 0 Å². The van der Waals surface area contributed by atoms with Gasteiger partial charge < -0.3 is 4.74 Å². The zero-order valence-electron chi connectivity index (χ0n) is 14.3. The van der Waals surface area contributed by atoms with Gasteiger partial charge in [-0.1, -0.05) is 29.3 Å². The topological polar surface area (TPSA) is 53.2 Å². The van der Waals surface area contributed by atoms with Crippen LogP contribution in [0.1, 0.15) is 36.2 Å². The Morgan fingerprint density at radius 1 is 0.957 bits per heavy atom. The van der Waals surface area contributed by atoms with Crippen molar-refractivity contribution in [3.05, 3.63) is 67.5 Å². The lowest BCUT2D eigenvalue weighted by Gasteiger charge is -2.15. The molecule has 0 fully saturated rings. The third kappa shape index (κ3) is 3.99. The predicted molar refractivity (Wildman–Crippen MR) is 91.0 cm³/mol. The second kappa shape index (κ2) is 7.42. The van der Waals surface area contributed by atoms with E-state index < -0.39 is 0 Å². The van der Waals surface area contributed by atoms with Crippen LogP contribution in [0, 0.1) is 13.8 Å². The predicted octanol–water partition coefficient (Wildman–Crippen LogP) is 2.23. The normalized spacial score (nSPS) is 11.0. The standard InChI is InChI=1S/C18H24N2O3/c1-5-19-17(21)11-16(20(18(19)22)12-23-6-2)10-15-8-13(3)7-14(4)9-15/h7-9,11H,5-6,10,12H2,1-4H3. The maximum absolute atomic E-state index is 12.5. The summed E-state index contributed by atoms with van der Waals surface area (Å²) in [5, 5.41) is 0. The fourth-order valence-electron chi connectivity index (χ4n) is 2.80. The van der Waals surface area contributed by atoms with E-state index in [1.54, 1.807) is 17.6 Å². The molecule has 0 saturated heterocycles. The summed E-state index contributed by atoms with van der Waals surface area (Å²) in [5.41, 5.74) is 3.53. The molecule has 2 aromatic rings. The molecular formula is C18H24N2O3. The van der Waals surface area contributed by atoms with Crippen LogP contribution >= 0.6 is 0 Å². The Labute approximate surface area is 136 Å². The Kier molecular flexibility index (Phi) is 5.55. The van der Waals surface area contributed by atoms with Gasteiger partial charge in [-0.3, -0.25) is 13.9 Å². The molecule has 0 atom stereocenters. The minimum atomic E-state index is -0.312. The molecule has 5 nitrogen and oxygen atoms in total. The van der Waals surface area contributed by atoms with Gasteiger partial charge in [0.05, 0.1) is 0 Å². The van der Waals surface area contributed by atoms with Crippen LogP contribution in [0.5, 0.6) is 0 Å². The maximum Gasteiger partial charge on any atom is 0.333 e. The summed E-state index contributed by atoms with van der Waals surface area (Å²) < 4.78 is 8.19. The summed E-state index contributed by atoms with van der Waals surface area (Å²) in [7, 11) is 0. The van der Waals surface area contributed by atoms with Crippen LogP contribution in [0.2, 0.25) is 0 Å². The minimum Gasteiger partial charge on any atom is -0.361 e. The molecule has 1 aromatic carbocycles. The molecule has 0 aliphatic carbocycles. The molecule has 0 N–H and O–H groups in total. The molecule has 124 valence electrons. The number of aromatic nitrogens is 2. The number of rotatable bonds is 6. The second-order valence-corrected chi connectivity index (χ2v) is 5.72. The fourth-order valence-corrected chi connectivity index (χ4v) is 2.80. The Balaban J connectivity index is 2.51. The third-order valence-electron chi connectivity index (χ3n) is 3.77. The minimum absolute atomic E-state index is 0.162. The summed E-state index contributed by atoms with van der Waals surface area (Å²) in [6.45, 7) is 8.78. The van der Waals surface area contributed by atoms with Crippen molar-refractivity contribution in [1.29, 1.82) is 0 Å². The number of ether oxygens (including phenoxy) is 1. The molecule has 5 heteroatoms. The monoisotopic (exact) mass is 316 g/mol. The smallest absolute Gasteiger partial charge is 0.333 e. The van der Waals surface area contributed by atoms with Gasteiger partial charge in [0, 0.05) is 31.3 Å². The van der Waals surface area contributed by atoms with Crippen molar-refractivity contribution in [3.8, 4) is 0 Å². The zero-order valence-corrected chi connectivity index (χ0v) is 14.3. The number of nitrogens with zero attached hydrogens (tertiary/aromatic N) is 2. The molecule has 0 unspecified atom stereocenters. The van der Waals surface area contributed by atoms with Crippen molar-refractivity contribution < 1.29 is 4.74 Å². The molecular weight excluding hydrogens is 292 g/mol. The van der Waals surface area contributed by atoms with Crippen LogP contribution in [0.4, 0.5) is 0 Å². The van der Waals surface area contributed by atoms with Crippen LogP contribution in [-0.2, 0) is 24.4 Å². The third-order valence-corrected chi connectivity index (χ3v) is 3.77. The Morgan fingerprint density at radius 3 is 2.17 bits per heavy atom. The van der Waals surface area contributed by atoms with E-state index in [1.165, 1.54) is 15.7 Å². The Hall–Kier alpha value is -2.14. The molecule has 0 saturated carbocycles. The van der Waals surface area contributed by atoms with E-state index in [-0.39, 0.29) is 18.0 Å². The zero-order chi connectivity index (χ0) is 17.0. The van der Waals surface area contributed by atoms with E-state index in [0.29, 0.717) is 25.3 Å². The number of benzene rings is 1. The largest absolute Gasteiger partial charge is 0.361 e. The summed E-state index contributed by atoms with van der Waals surface area (Å²) in [6.07, 6.45) is 0.532. The average molecular weight is 316 g/mol. The van der Waals surface area contributed by atoms with E-state index in [9.17, 15) is 9.59 Å². The lowest BCUT2D eigenvalue weighted by atomic mass is 10.0. The van der Waals surface area contributed by atoms with Crippen molar-refractivity contribution in [2.45, 2.75) is 47.4 Å². The van der Waals surface area contributed by atoms with Crippen LogP contribution in [0.15, 0.2) is 33.9 Å². The highest BCUT2D eigenvalue weighted by atomic mass is 16.5. The molecule has 1 aromatic heterocycles. The first-order chi connectivity index (χ1) is 11.0. The second-order valence-electron chi connectivity index (χ2n) is 5.72. The number of hydrogen-bond acceptors (Lipinski definition) is 3. The lowest BCUT2D eigenvalue weighted by molar-refractivity contribution is 0.0812. The Morgan fingerprint density at radius 2 is 1.61 bits per heavy atom. The lowest BCUT2D eigenvalue weighted by Crippen LogP contribution is -2.41. The van der Waals surface area contributed by atoms with E-state index in [4.69, 9.17) is 4.74 Å². The summed E-state index contributed by atoms with van der Waals surface area (Å²) in [5.74, 6) is 0. The Bertz CT molecular complexity index is 783. The molecule has 23 heavy (non-hydrogen) atoms. The summed E-state index contributed by atoms with van der Waals surface area (Å²) in [4.78, 5) is 24.7. The van der Waals surface area contributed by atoms with Gasteiger partial charge in [0.15, 0.2) is 0 Å². The molecule has 0 aliphatic rings. The highest BCUT2D eigenvalue weighted by molar-refractivity contribution is 5.31. The van der Waals surface area contributed by atoms with Crippen molar-refractivity contribution in [2.75, 3.05) is 6.61 Å². The molecule has 0 amide bonds. The maximum atomic E-state index is 12.5. The first-order valence-corrected chi connectivity index (χ1v) is 7.94. The number of hydrogen-bond donors (Lipinski definition) is 0. The van der Waals surface area contributed by atoms with E-state index in [1.807, 2.05) is 20.8 Å². The number of aryl methyl sites for hydroxylation is 2. The highest BCUT2D eigenvalue weighted by Gasteiger charge is 2.11. The van der Waals surface area contributed by atoms with Crippen molar-refractivity contribution in [3.63, 3.8) is 0 Å². The van der Waals surface area contributed by atoms with E-state index in [2.05, 4.69) is 18.2 Å².